The number of nitrogens with one attached hydrogen (secondary N) is 2. The lowest BCUT2D eigenvalue weighted by atomic mass is 9.98. The molecule has 0 atom stereocenters. The van der Waals surface area contributed by atoms with Crippen LogP contribution in [-0.4, -0.2) is 18.2 Å². The maximum atomic E-state index is 12.6. The molecule has 0 fully saturated rings. The van der Waals surface area contributed by atoms with E-state index in [0.29, 0.717) is 21.8 Å². The molecular weight excluding hydrogens is 336 g/mol. The van der Waals surface area contributed by atoms with Crippen molar-refractivity contribution in [2.24, 2.45) is 0 Å². The summed E-state index contributed by atoms with van der Waals surface area (Å²) in [6.07, 6.45) is 1.65. The number of hydrogen-bond acceptors (Lipinski definition) is 3. The summed E-state index contributed by atoms with van der Waals surface area (Å²) in [5, 5.41) is 6.88. The Morgan fingerprint density at radius 3 is 2.76 bits per heavy atom. The minimum atomic E-state index is -0.245. The van der Waals surface area contributed by atoms with E-state index in [0.717, 1.165) is 42.6 Å². The molecule has 0 aromatic heterocycles. The lowest BCUT2D eigenvalue weighted by Crippen LogP contribution is -2.24. The van der Waals surface area contributed by atoms with Crippen molar-refractivity contribution in [3.8, 4) is 0 Å². The lowest BCUT2D eigenvalue weighted by molar-refractivity contribution is 0.101. The molecule has 0 spiro atoms. The number of carbonyl (C=O) groups excluding carboxylic acids is 2. The van der Waals surface area contributed by atoms with E-state index in [1.165, 1.54) is 6.92 Å². The van der Waals surface area contributed by atoms with Crippen molar-refractivity contribution in [2.45, 2.75) is 33.2 Å². The second-order valence-electron chi connectivity index (χ2n) is 6.26. The number of Topliss-reactive ketones (excluding diaryl/α,β-unsaturated/α-hetero) is 1. The van der Waals surface area contributed by atoms with Gasteiger partial charge in [0.25, 0.3) is 5.91 Å². The largest absolute Gasteiger partial charge is 0.322 e. The summed E-state index contributed by atoms with van der Waals surface area (Å²) < 4.78 is 0. The van der Waals surface area contributed by atoms with Gasteiger partial charge in [0.1, 0.15) is 0 Å². The maximum Gasteiger partial charge on any atom is 0.255 e. The smallest absolute Gasteiger partial charge is 0.255 e. The van der Waals surface area contributed by atoms with Crippen LogP contribution in [0.2, 0.25) is 5.02 Å². The van der Waals surface area contributed by atoms with Gasteiger partial charge in [0.15, 0.2) is 5.78 Å². The number of benzene rings is 2. The van der Waals surface area contributed by atoms with Crippen molar-refractivity contribution in [1.82, 2.24) is 5.32 Å². The molecule has 0 saturated heterocycles. The number of amides is 1. The first-order valence-corrected chi connectivity index (χ1v) is 8.84. The third-order valence-electron chi connectivity index (χ3n) is 4.55. The van der Waals surface area contributed by atoms with E-state index in [9.17, 15) is 9.59 Å². The summed E-state index contributed by atoms with van der Waals surface area (Å²) in [5.74, 6) is -0.278. The van der Waals surface area contributed by atoms with Gasteiger partial charge in [-0.15, -0.1) is 0 Å². The van der Waals surface area contributed by atoms with Gasteiger partial charge in [0.2, 0.25) is 0 Å². The van der Waals surface area contributed by atoms with Crippen LogP contribution in [0.25, 0.3) is 0 Å². The molecule has 3 rings (SSSR count). The normalized spacial score (nSPS) is 13.2. The van der Waals surface area contributed by atoms with Crippen LogP contribution in [0.1, 0.15) is 51.3 Å². The SMILES string of the molecule is CCc1ccc(C(=O)Nc2cc(Cl)c3c(c2)CNCC3)cc1C(C)=O. The van der Waals surface area contributed by atoms with Gasteiger partial charge >= 0.3 is 0 Å². The molecule has 25 heavy (non-hydrogen) atoms. The molecule has 1 aliphatic rings. The zero-order valence-corrected chi connectivity index (χ0v) is 15.2. The summed E-state index contributed by atoms with van der Waals surface area (Å²) in [4.78, 5) is 24.4. The number of fused-ring (bicyclic) bond motifs is 1. The molecule has 0 radical (unpaired) electrons. The van der Waals surface area contributed by atoms with E-state index in [1.54, 1.807) is 18.2 Å². The lowest BCUT2D eigenvalue weighted by Gasteiger charge is -2.20. The first-order chi connectivity index (χ1) is 12.0. The first-order valence-electron chi connectivity index (χ1n) is 8.46. The molecule has 130 valence electrons. The average Bonchev–Trinajstić information content (AvgIpc) is 2.61. The predicted octanol–water partition coefficient (Wildman–Crippen LogP) is 4.00. The minimum Gasteiger partial charge on any atom is -0.322 e. The summed E-state index contributed by atoms with van der Waals surface area (Å²) in [6, 6.07) is 9.00. The molecule has 4 nitrogen and oxygen atoms in total. The summed E-state index contributed by atoms with van der Waals surface area (Å²) >= 11 is 6.36. The zero-order chi connectivity index (χ0) is 18.0. The van der Waals surface area contributed by atoms with Crippen LogP contribution in [0.4, 0.5) is 5.69 Å². The summed E-state index contributed by atoms with van der Waals surface area (Å²) in [7, 11) is 0. The predicted molar refractivity (Wildman–Crippen MR) is 101 cm³/mol. The van der Waals surface area contributed by atoms with Crippen molar-refractivity contribution in [3.05, 3.63) is 63.2 Å². The van der Waals surface area contributed by atoms with Crippen LogP contribution in [0, 0.1) is 0 Å². The van der Waals surface area contributed by atoms with Gasteiger partial charge in [-0.3, -0.25) is 9.59 Å². The average molecular weight is 357 g/mol. The molecular formula is C20H21ClN2O2. The van der Waals surface area contributed by atoms with Gasteiger partial charge in [-0.05, 0) is 67.3 Å². The molecule has 1 heterocycles. The molecule has 2 aromatic carbocycles. The summed E-state index contributed by atoms with van der Waals surface area (Å²) in [6.45, 7) is 5.17. The highest BCUT2D eigenvalue weighted by molar-refractivity contribution is 6.32. The highest BCUT2D eigenvalue weighted by Gasteiger charge is 2.16. The van der Waals surface area contributed by atoms with Crippen molar-refractivity contribution < 1.29 is 9.59 Å². The Bertz CT molecular complexity index is 846. The molecule has 0 unspecified atom stereocenters. The third kappa shape index (κ3) is 3.75. The fourth-order valence-corrected chi connectivity index (χ4v) is 3.53. The quantitative estimate of drug-likeness (QED) is 0.814. The van der Waals surface area contributed by atoms with Crippen LogP contribution in [-0.2, 0) is 19.4 Å². The zero-order valence-electron chi connectivity index (χ0n) is 14.4. The van der Waals surface area contributed by atoms with Crippen LogP contribution in [0.3, 0.4) is 0 Å². The Kier molecular flexibility index (Phi) is 5.21. The number of rotatable bonds is 4. The van der Waals surface area contributed by atoms with Crippen molar-refractivity contribution in [1.29, 1.82) is 0 Å². The monoisotopic (exact) mass is 356 g/mol. The number of halogens is 1. The van der Waals surface area contributed by atoms with Crippen molar-refractivity contribution >= 4 is 29.0 Å². The van der Waals surface area contributed by atoms with Crippen LogP contribution < -0.4 is 10.6 Å². The minimum absolute atomic E-state index is 0.0330. The fourth-order valence-electron chi connectivity index (χ4n) is 3.20. The Morgan fingerprint density at radius 2 is 2.04 bits per heavy atom. The first kappa shape index (κ1) is 17.6. The second kappa shape index (κ2) is 7.38. The van der Waals surface area contributed by atoms with E-state index in [1.807, 2.05) is 19.1 Å². The number of carbonyl (C=O) groups is 2. The highest BCUT2D eigenvalue weighted by Crippen LogP contribution is 2.28. The Balaban J connectivity index is 1.86. The van der Waals surface area contributed by atoms with Crippen molar-refractivity contribution in [2.75, 3.05) is 11.9 Å². The second-order valence-corrected chi connectivity index (χ2v) is 6.67. The van der Waals surface area contributed by atoms with E-state index in [2.05, 4.69) is 10.6 Å². The topological polar surface area (TPSA) is 58.2 Å². The molecule has 0 bridgehead atoms. The van der Waals surface area contributed by atoms with E-state index in [-0.39, 0.29) is 11.7 Å². The van der Waals surface area contributed by atoms with Gasteiger partial charge in [0, 0.05) is 28.4 Å². The number of hydrogen-bond donors (Lipinski definition) is 2. The molecule has 2 aromatic rings. The molecule has 1 amide bonds. The maximum absolute atomic E-state index is 12.6. The van der Waals surface area contributed by atoms with E-state index < -0.39 is 0 Å². The van der Waals surface area contributed by atoms with Gasteiger partial charge in [-0.25, -0.2) is 0 Å². The summed E-state index contributed by atoms with van der Waals surface area (Å²) in [5.41, 5.74) is 4.94. The highest BCUT2D eigenvalue weighted by atomic mass is 35.5. The van der Waals surface area contributed by atoms with E-state index in [4.69, 9.17) is 11.6 Å². The Morgan fingerprint density at radius 1 is 1.24 bits per heavy atom. The number of aryl methyl sites for hydroxylation is 1. The Hall–Kier alpha value is -2.17. The molecule has 5 heteroatoms. The molecule has 0 aliphatic carbocycles. The molecule has 0 saturated carbocycles. The fraction of sp³-hybridized carbons (Fsp3) is 0.300. The van der Waals surface area contributed by atoms with E-state index >= 15 is 0 Å². The van der Waals surface area contributed by atoms with Crippen LogP contribution >= 0.6 is 11.6 Å². The van der Waals surface area contributed by atoms with Gasteiger partial charge < -0.3 is 10.6 Å². The van der Waals surface area contributed by atoms with Gasteiger partial charge in [0.05, 0.1) is 0 Å². The van der Waals surface area contributed by atoms with Gasteiger partial charge in [-0.2, -0.15) is 0 Å². The molecule has 1 aliphatic heterocycles. The Labute approximate surface area is 152 Å². The van der Waals surface area contributed by atoms with Gasteiger partial charge in [-0.1, -0.05) is 24.6 Å². The number of ketones is 1. The standard InChI is InChI=1S/C20H21ClN2O2/c1-3-13-4-5-14(9-18(13)12(2)24)20(25)23-16-8-15-11-22-7-6-17(15)19(21)10-16/h4-5,8-10,22H,3,6-7,11H2,1-2H3,(H,23,25). The molecule has 2 N–H and O–H groups in total. The van der Waals surface area contributed by atoms with Crippen LogP contribution in [0.5, 0.6) is 0 Å². The number of anilines is 1. The van der Waals surface area contributed by atoms with Crippen LogP contribution in [0.15, 0.2) is 30.3 Å². The third-order valence-corrected chi connectivity index (χ3v) is 4.88. The van der Waals surface area contributed by atoms with Crippen molar-refractivity contribution in [3.63, 3.8) is 0 Å².